The molecule has 1 amide bonds. The number of aliphatic hydroxyl groups excluding tert-OH is 1. The lowest BCUT2D eigenvalue weighted by molar-refractivity contribution is -0.207. The van der Waals surface area contributed by atoms with Crippen LogP contribution in [0.4, 0.5) is 22.0 Å². The molecule has 1 aliphatic rings. The van der Waals surface area contributed by atoms with Gasteiger partial charge in [-0.1, -0.05) is 11.6 Å². The molecular formula is C24H20ClF5N8O3. The van der Waals surface area contributed by atoms with Gasteiger partial charge in [-0.05, 0) is 36.4 Å². The average Bonchev–Trinajstić information content (AvgIpc) is 3.48. The fourth-order valence-corrected chi connectivity index (χ4v) is 4.31. The second-order valence-corrected chi connectivity index (χ2v) is 9.79. The molecule has 1 saturated carbocycles. The van der Waals surface area contributed by atoms with E-state index >= 15 is 0 Å². The monoisotopic (exact) mass is 598 g/mol. The molecule has 41 heavy (non-hydrogen) atoms. The van der Waals surface area contributed by atoms with Gasteiger partial charge < -0.3 is 10.4 Å². The van der Waals surface area contributed by atoms with Crippen molar-refractivity contribution in [3.8, 4) is 17.2 Å². The number of halogens is 6. The zero-order valence-corrected chi connectivity index (χ0v) is 21.5. The van der Waals surface area contributed by atoms with Crippen molar-refractivity contribution in [1.29, 1.82) is 0 Å². The van der Waals surface area contributed by atoms with Crippen LogP contribution in [0, 0.1) is 0 Å². The third-order valence-electron chi connectivity index (χ3n) is 6.26. The fourth-order valence-electron chi connectivity index (χ4n) is 4.19. The molecular weight excluding hydrogens is 579 g/mol. The zero-order valence-electron chi connectivity index (χ0n) is 20.8. The van der Waals surface area contributed by atoms with Crippen LogP contribution in [0.5, 0.6) is 0 Å². The third-order valence-corrected chi connectivity index (χ3v) is 6.51. The highest BCUT2D eigenvalue weighted by atomic mass is 35.5. The molecule has 17 heteroatoms. The van der Waals surface area contributed by atoms with Crippen molar-refractivity contribution in [3.05, 3.63) is 75.8 Å². The molecule has 1 aromatic carbocycles. The van der Waals surface area contributed by atoms with Gasteiger partial charge in [0.2, 0.25) is 0 Å². The lowest BCUT2D eigenvalue weighted by Gasteiger charge is -2.35. The Morgan fingerprint density at radius 2 is 1.85 bits per heavy atom. The van der Waals surface area contributed by atoms with Crippen molar-refractivity contribution >= 4 is 17.5 Å². The maximum Gasteiger partial charge on any atom is 0.416 e. The predicted molar refractivity (Wildman–Crippen MR) is 133 cm³/mol. The quantitative estimate of drug-likeness (QED) is 0.298. The molecule has 1 aliphatic carbocycles. The van der Waals surface area contributed by atoms with E-state index in [9.17, 15) is 36.6 Å². The van der Waals surface area contributed by atoms with Gasteiger partial charge >= 0.3 is 11.9 Å². The number of hydrogen-bond acceptors (Lipinski definition) is 7. The summed E-state index contributed by atoms with van der Waals surface area (Å²) < 4.78 is 68.2. The van der Waals surface area contributed by atoms with Crippen LogP contribution in [0.3, 0.4) is 0 Å². The predicted octanol–water partition coefficient (Wildman–Crippen LogP) is 2.84. The first kappa shape index (κ1) is 28.4. The van der Waals surface area contributed by atoms with E-state index in [4.69, 9.17) is 11.6 Å². The summed E-state index contributed by atoms with van der Waals surface area (Å²) in [6.45, 7) is -1.49. The Bertz CT molecular complexity index is 1630. The van der Waals surface area contributed by atoms with Crippen LogP contribution in [0.15, 0.2) is 53.7 Å². The Morgan fingerprint density at radius 1 is 1.15 bits per heavy atom. The number of hydrogen-bond donors (Lipinski definition) is 2. The van der Waals surface area contributed by atoms with Gasteiger partial charge in [-0.15, -0.1) is 10.2 Å². The minimum absolute atomic E-state index is 0.00794. The number of benzene rings is 1. The molecule has 4 aromatic rings. The number of aliphatic hydroxyl groups is 1. The van der Waals surface area contributed by atoms with E-state index in [1.54, 1.807) is 0 Å². The highest BCUT2D eigenvalue weighted by Crippen LogP contribution is 2.37. The van der Waals surface area contributed by atoms with E-state index in [0.29, 0.717) is 9.59 Å². The number of carbonyl (C=O) groups is 1. The van der Waals surface area contributed by atoms with Gasteiger partial charge in [0.05, 0.1) is 12.1 Å². The number of rotatable bonds is 8. The van der Waals surface area contributed by atoms with Crippen molar-refractivity contribution in [2.75, 3.05) is 0 Å². The molecule has 11 nitrogen and oxygen atoms in total. The smallest absolute Gasteiger partial charge is 0.382 e. The van der Waals surface area contributed by atoms with E-state index < -0.39 is 55.2 Å². The molecule has 2 N–H and O–H groups in total. The van der Waals surface area contributed by atoms with Gasteiger partial charge in [0.15, 0.2) is 23.6 Å². The van der Waals surface area contributed by atoms with E-state index in [2.05, 4.69) is 25.5 Å². The lowest BCUT2D eigenvalue weighted by Crippen LogP contribution is -2.50. The van der Waals surface area contributed by atoms with Crippen molar-refractivity contribution in [2.24, 2.45) is 0 Å². The summed E-state index contributed by atoms with van der Waals surface area (Å²) in [5.74, 6) is -3.59. The Labute approximate surface area is 232 Å². The summed E-state index contributed by atoms with van der Waals surface area (Å²) in [5.41, 5.74) is -0.664. The highest BCUT2D eigenvalue weighted by molar-refractivity contribution is 6.30. The van der Waals surface area contributed by atoms with Crippen LogP contribution < -0.4 is 11.0 Å². The van der Waals surface area contributed by atoms with Crippen molar-refractivity contribution < 1.29 is 31.9 Å². The summed E-state index contributed by atoms with van der Waals surface area (Å²) in [5, 5.41) is 20.8. The van der Waals surface area contributed by atoms with Crippen LogP contribution in [0.25, 0.3) is 17.2 Å². The minimum Gasteiger partial charge on any atom is -0.382 e. The number of pyridine rings is 1. The second-order valence-electron chi connectivity index (χ2n) is 9.35. The molecule has 1 fully saturated rings. The Morgan fingerprint density at radius 3 is 2.51 bits per heavy atom. The number of alkyl halides is 5. The van der Waals surface area contributed by atoms with Crippen LogP contribution >= 0.6 is 11.6 Å². The van der Waals surface area contributed by atoms with Gasteiger partial charge in [-0.2, -0.15) is 13.2 Å². The molecule has 0 radical (unpaired) electrons. The van der Waals surface area contributed by atoms with Gasteiger partial charge in [-0.25, -0.2) is 32.9 Å². The molecule has 216 valence electrons. The number of nitrogens with one attached hydrogen (secondary N) is 1. The Balaban J connectivity index is 1.42. The van der Waals surface area contributed by atoms with Gasteiger partial charge in [0.1, 0.15) is 12.9 Å². The minimum atomic E-state index is -4.98. The van der Waals surface area contributed by atoms with Crippen molar-refractivity contribution in [2.45, 2.75) is 50.2 Å². The molecule has 0 spiro atoms. The van der Waals surface area contributed by atoms with Gasteiger partial charge in [0.25, 0.3) is 11.8 Å². The summed E-state index contributed by atoms with van der Waals surface area (Å²) >= 11 is 5.89. The molecule has 0 bridgehead atoms. The maximum atomic E-state index is 13.2. The van der Waals surface area contributed by atoms with E-state index in [1.165, 1.54) is 48.9 Å². The summed E-state index contributed by atoms with van der Waals surface area (Å²) in [6, 6.07) is 8.05. The number of nitrogens with zero attached hydrogens (tertiary/aromatic N) is 7. The van der Waals surface area contributed by atoms with Crippen molar-refractivity contribution in [3.63, 3.8) is 0 Å². The van der Waals surface area contributed by atoms with E-state index in [-0.39, 0.29) is 35.1 Å². The van der Waals surface area contributed by atoms with E-state index in [0.717, 1.165) is 9.36 Å². The first-order valence-corrected chi connectivity index (χ1v) is 12.4. The van der Waals surface area contributed by atoms with Gasteiger partial charge in [-0.3, -0.25) is 9.36 Å². The normalized spacial score (nSPS) is 15.9. The van der Waals surface area contributed by atoms with E-state index in [1.807, 2.05) is 0 Å². The number of carbonyl (C=O) groups excluding carboxylic acids is 1. The maximum absolute atomic E-state index is 13.2. The fraction of sp³-hybridized carbons (Fsp3) is 0.333. The van der Waals surface area contributed by atoms with Crippen molar-refractivity contribution in [1.82, 2.24) is 39.4 Å². The topological polar surface area (TPSA) is 133 Å². The first-order chi connectivity index (χ1) is 19.3. The summed E-state index contributed by atoms with van der Waals surface area (Å²) in [7, 11) is 0. The van der Waals surface area contributed by atoms with Crippen LogP contribution in [0.1, 0.15) is 29.0 Å². The average molecular weight is 599 g/mol. The first-order valence-electron chi connectivity index (χ1n) is 12.0. The molecule has 0 aliphatic heterocycles. The van der Waals surface area contributed by atoms with Crippen LogP contribution in [-0.4, -0.2) is 69.4 Å². The Hall–Kier alpha value is -4.18. The number of amides is 1. The van der Waals surface area contributed by atoms with Crippen LogP contribution in [-0.2, 0) is 13.1 Å². The number of aromatic nitrogens is 7. The van der Waals surface area contributed by atoms with Gasteiger partial charge in [0, 0.05) is 35.7 Å². The molecule has 5 rings (SSSR count). The third kappa shape index (κ3) is 6.12. The summed E-state index contributed by atoms with van der Waals surface area (Å²) in [4.78, 5) is 34.0. The zero-order chi connectivity index (χ0) is 29.5. The molecule has 3 aromatic heterocycles. The standard InChI is InChI=1S/C24H20ClF5N8O3/c25-14-5-3-13(4-6-14)19-35-37(22(41)36(19)10-17(39)24(28,29)30)11-18-32-12-38(34-18)20-16(2-1-7-31-20)21(40)33-15-8-23(26,27)9-15/h1-7,12,15,17,39H,8-11H2,(H,33,40)/t17-/m0/s1. The SMILES string of the molecule is O=C(NC1CC(F)(F)C1)c1cccnc1-n1cnc(Cn2nc(-c3ccc(Cl)cc3)n(C[C@H](O)C(F)(F)F)c2=O)n1. The Kier molecular flexibility index (Phi) is 7.37. The second kappa shape index (κ2) is 10.7. The molecule has 0 saturated heterocycles. The molecule has 3 heterocycles. The highest BCUT2D eigenvalue weighted by Gasteiger charge is 2.46. The summed E-state index contributed by atoms with van der Waals surface area (Å²) in [6.07, 6.45) is -6.18. The van der Waals surface area contributed by atoms with Crippen LogP contribution in [0.2, 0.25) is 5.02 Å². The largest absolute Gasteiger partial charge is 0.416 e. The molecule has 1 atom stereocenters. The lowest BCUT2D eigenvalue weighted by atomic mass is 9.88. The molecule has 0 unspecified atom stereocenters.